The summed E-state index contributed by atoms with van der Waals surface area (Å²) in [5, 5.41) is 8.27. The summed E-state index contributed by atoms with van der Waals surface area (Å²) < 4.78 is 1.69. The van der Waals surface area contributed by atoms with E-state index in [1.807, 2.05) is 37.4 Å². The van der Waals surface area contributed by atoms with Crippen molar-refractivity contribution < 1.29 is 4.79 Å². The summed E-state index contributed by atoms with van der Waals surface area (Å²) >= 11 is 0. The summed E-state index contributed by atoms with van der Waals surface area (Å²) in [7, 11) is 1.82. The van der Waals surface area contributed by atoms with E-state index in [-0.39, 0.29) is 17.9 Å². The maximum Gasteiger partial charge on any atom is 0.252 e. The van der Waals surface area contributed by atoms with Gasteiger partial charge in [0.2, 0.25) is 5.91 Å². The second-order valence-corrected chi connectivity index (χ2v) is 6.64. The molecule has 0 saturated heterocycles. The van der Waals surface area contributed by atoms with Crippen molar-refractivity contribution in [2.24, 2.45) is 7.05 Å². The van der Waals surface area contributed by atoms with Gasteiger partial charge in [0.1, 0.15) is 5.82 Å². The van der Waals surface area contributed by atoms with Gasteiger partial charge < -0.3 is 10.3 Å². The average molecular weight is 336 g/mol. The molecule has 0 bridgehead atoms. The van der Waals surface area contributed by atoms with E-state index in [9.17, 15) is 9.59 Å². The van der Waals surface area contributed by atoms with E-state index in [1.54, 1.807) is 10.7 Å². The number of nitrogens with zero attached hydrogens (tertiary/aromatic N) is 2. The van der Waals surface area contributed by atoms with Gasteiger partial charge in [0.25, 0.3) is 5.56 Å². The molecule has 1 aliphatic carbocycles. The Morgan fingerprint density at radius 2 is 2.12 bits per heavy atom. The molecule has 0 unspecified atom stereocenters. The Kier molecular flexibility index (Phi) is 3.87. The second kappa shape index (κ2) is 6.20. The first kappa shape index (κ1) is 15.6. The Balaban J connectivity index is 1.51. The highest BCUT2D eigenvalue weighted by atomic mass is 16.2. The maximum absolute atomic E-state index is 12.4. The van der Waals surface area contributed by atoms with Crippen molar-refractivity contribution in [3.05, 3.63) is 58.0 Å². The van der Waals surface area contributed by atoms with Gasteiger partial charge in [-0.1, -0.05) is 24.6 Å². The fourth-order valence-corrected chi connectivity index (χ4v) is 3.19. The number of aromatic amines is 1. The number of carbonyl (C=O) groups excluding carboxylic acids is 1. The van der Waals surface area contributed by atoms with Crippen molar-refractivity contribution in [1.29, 1.82) is 0 Å². The number of fused-ring (bicyclic) bond motifs is 1. The molecule has 6 heteroatoms. The summed E-state index contributed by atoms with van der Waals surface area (Å²) in [6, 6.07) is 11.2. The van der Waals surface area contributed by atoms with Crippen molar-refractivity contribution in [3.8, 4) is 0 Å². The summed E-state index contributed by atoms with van der Waals surface area (Å²) in [4.78, 5) is 27.4. The number of hydrogen-bond donors (Lipinski definition) is 2. The van der Waals surface area contributed by atoms with Crippen LogP contribution >= 0.6 is 0 Å². The van der Waals surface area contributed by atoms with E-state index in [2.05, 4.69) is 15.4 Å². The van der Waals surface area contributed by atoms with E-state index in [0.29, 0.717) is 17.3 Å². The van der Waals surface area contributed by atoms with Crippen molar-refractivity contribution in [2.75, 3.05) is 5.32 Å². The lowest BCUT2D eigenvalue weighted by molar-refractivity contribution is -0.115. The van der Waals surface area contributed by atoms with Crippen LogP contribution in [0.3, 0.4) is 0 Å². The van der Waals surface area contributed by atoms with Crippen molar-refractivity contribution in [3.63, 3.8) is 0 Å². The molecule has 0 spiro atoms. The van der Waals surface area contributed by atoms with Crippen LogP contribution in [0.15, 0.2) is 41.2 Å². The SMILES string of the molecule is Cn1nc(C2CCC2)cc1NC(=O)Cc1cc2ccccc2[nH]c1=O. The van der Waals surface area contributed by atoms with Crippen LogP contribution in [0.2, 0.25) is 0 Å². The third-order valence-corrected chi connectivity index (χ3v) is 4.87. The monoisotopic (exact) mass is 336 g/mol. The number of rotatable bonds is 4. The van der Waals surface area contributed by atoms with Gasteiger partial charge in [-0.25, -0.2) is 0 Å². The summed E-state index contributed by atoms with van der Waals surface area (Å²) in [6.07, 6.45) is 3.60. The number of hydrogen-bond acceptors (Lipinski definition) is 3. The van der Waals surface area contributed by atoms with Gasteiger partial charge in [0.05, 0.1) is 12.1 Å². The molecule has 4 rings (SSSR count). The number of para-hydroxylation sites is 1. The molecule has 25 heavy (non-hydrogen) atoms. The van der Waals surface area contributed by atoms with Gasteiger partial charge in [0.15, 0.2) is 0 Å². The van der Waals surface area contributed by atoms with Gasteiger partial charge in [-0.3, -0.25) is 14.3 Å². The fraction of sp³-hybridized carbons (Fsp3) is 0.316. The smallest absolute Gasteiger partial charge is 0.252 e. The minimum Gasteiger partial charge on any atom is -0.322 e. The lowest BCUT2D eigenvalue weighted by Crippen LogP contribution is -2.22. The molecule has 1 amide bonds. The minimum absolute atomic E-state index is 0.0319. The van der Waals surface area contributed by atoms with Crippen molar-refractivity contribution in [2.45, 2.75) is 31.6 Å². The Morgan fingerprint density at radius 1 is 1.32 bits per heavy atom. The quantitative estimate of drug-likeness (QED) is 0.769. The molecule has 0 radical (unpaired) electrons. The molecule has 2 heterocycles. The number of benzene rings is 1. The van der Waals surface area contributed by atoms with Crippen LogP contribution < -0.4 is 10.9 Å². The Bertz CT molecular complexity index is 998. The molecule has 0 aliphatic heterocycles. The lowest BCUT2D eigenvalue weighted by Gasteiger charge is -2.22. The zero-order valence-corrected chi connectivity index (χ0v) is 14.1. The van der Waals surface area contributed by atoms with Gasteiger partial charge in [-0.15, -0.1) is 0 Å². The van der Waals surface area contributed by atoms with Crippen LogP contribution in [0.1, 0.15) is 36.4 Å². The highest BCUT2D eigenvalue weighted by Crippen LogP contribution is 2.36. The van der Waals surface area contributed by atoms with Gasteiger partial charge in [-0.2, -0.15) is 5.10 Å². The summed E-state index contributed by atoms with van der Waals surface area (Å²) in [5.74, 6) is 0.966. The fourth-order valence-electron chi connectivity index (χ4n) is 3.19. The van der Waals surface area contributed by atoms with Crippen LogP contribution in [0, 0.1) is 0 Å². The van der Waals surface area contributed by atoms with Gasteiger partial charge >= 0.3 is 0 Å². The normalized spacial score (nSPS) is 14.4. The molecule has 2 N–H and O–H groups in total. The Morgan fingerprint density at radius 3 is 2.88 bits per heavy atom. The molecule has 3 aromatic rings. The average Bonchev–Trinajstić information content (AvgIpc) is 2.86. The minimum atomic E-state index is -0.228. The molecule has 128 valence electrons. The van der Waals surface area contributed by atoms with Gasteiger partial charge in [0, 0.05) is 30.1 Å². The molecule has 2 aromatic heterocycles. The molecular formula is C19H20N4O2. The van der Waals surface area contributed by atoms with Crippen LogP contribution in [0.4, 0.5) is 5.82 Å². The first-order valence-corrected chi connectivity index (χ1v) is 8.55. The molecule has 1 aliphatic rings. The predicted molar refractivity (Wildman–Crippen MR) is 96.7 cm³/mol. The van der Waals surface area contributed by atoms with Crippen LogP contribution in [0.25, 0.3) is 10.9 Å². The molecule has 1 saturated carbocycles. The third-order valence-electron chi connectivity index (χ3n) is 4.87. The number of anilines is 1. The first-order valence-electron chi connectivity index (χ1n) is 8.55. The van der Waals surface area contributed by atoms with E-state index >= 15 is 0 Å². The van der Waals surface area contributed by atoms with Crippen LogP contribution in [0.5, 0.6) is 0 Å². The van der Waals surface area contributed by atoms with Crippen molar-refractivity contribution >= 4 is 22.6 Å². The van der Waals surface area contributed by atoms with E-state index in [1.165, 1.54) is 6.42 Å². The number of H-pyrrole nitrogens is 1. The molecule has 6 nitrogen and oxygen atoms in total. The number of aryl methyl sites for hydroxylation is 1. The zero-order valence-electron chi connectivity index (χ0n) is 14.1. The van der Waals surface area contributed by atoms with Crippen LogP contribution in [-0.2, 0) is 18.3 Å². The number of amides is 1. The molecular weight excluding hydrogens is 316 g/mol. The second-order valence-electron chi connectivity index (χ2n) is 6.64. The number of carbonyl (C=O) groups is 1. The first-order chi connectivity index (χ1) is 12.1. The highest BCUT2D eigenvalue weighted by molar-refractivity contribution is 5.92. The third kappa shape index (κ3) is 3.07. The van der Waals surface area contributed by atoms with E-state index in [4.69, 9.17) is 0 Å². The number of aromatic nitrogens is 3. The van der Waals surface area contributed by atoms with E-state index < -0.39 is 0 Å². The summed E-state index contributed by atoms with van der Waals surface area (Å²) in [5.41, 5.74) is 2.03. The largest absolute Gasteiger partial charge is 0.322 e. The topological polar surface area (TPSA) is 79.8 Å². The Labute approximate surface area is 144 Å². The predicted octanol–water partition coefficient (Wildman–Crippen LogP) is 2.71. The highest BCUT2D eigenvalue weighted by Gasteiger charge is 2.23. The maximum atomic E-state index is 12.4. The lowest BCUT2D eigenvalue weighted by atomic mass is 9.83. The molecule has 0 atom stereocenters. The summed E-state index contributed by atoms with van der Waals surface area (Å²) in [6.45, 7) is 0. The van der Waals surface area contributed by atoms with Crippen LogP contribution in [-0.4, -0.2) is 20.7 Å². The number of nitrogens with one attached hydrogen (secondary N) is 2. The molecule has 1 aromatic carbocycles. The Hall–Kier alpha value is -2.89. The van der Waals surface area contributed by atoms with E-state index in [0.717, 1.165) is 29.4 Å². The molecule has 1 fully saturated rings. The number of pyridine rings is 1. The van der Waals surface area contributed by atoms with Gasteiger partial charge in [-0.05, 0) is 30.4 Å². The van der Waals surface area contributed by atoms with Crippen molar-refractivity contribution in [1.82, 2.24) is 14.8 Å². The standard InChI is InChI=1S/C19H20N4O2/c1-23-17(11-16(22-23)12-6-4-7-12)21-18(24)10-14-9-13-5-2-3-8-15(13)20-19(14)25/h2-3,5,8-9,11-12H,4,6-7,10H2,1H3,(H,20,25)(H,21,24). The zero-order chi connectivity index (χ0) is 17.4.